The fraction of sp³-hybridized carbons (Fsp3) is 0. The van der Waals surface area contributed by atoms with Gasteiger partial charge in [-0.15, -0.1) is 0 Å². The number of carbonyl (C=O) groups is 2. The van der Waals surface area contributed by atoms with Crippen LogP contribution in [-0.2, 0) is 9.53 Å². The molecule has 4 rings (SSSR count). The summed E-state index contributed by atoms with van der Waals surface area (Å²) in [6.07, 6.45) is 1.55. The van der Waals surface area contributed by atoms with Crippen molar-refractivity contribution in [3.8, 4) is 5.75 Å². The molecule has 5 nitrogen and oxygen atoms in total. The minimum Gasteiger partial charge on any atom is -0.423 e. The molecular weight excluding hydrogens is 409 g/mol. The van der Waals surface area contributed by atoms with Gasteiger partial charge in [0.2, 0.25) is 5.90 Å². The van der Waals surface area contributed by atoms with Crippen molar-refractivity contribution < 1.29 is 23.5 Å². The van der Waals surface area contributed by atoms with Gasteiger partial charge in [-0.1, -0.05) is 35.9 Å². The summed E-state index contributed by atoms with van der Waals surface area (Å²) in [6.45, 7) is 0. The van der Waals surface area contributed by atoms with Gasteiger partial charge in [-0.3, -0.25) is 0 Å². The van der Waals surface area contributed by atoms with Crippen LogP contribution in [0.25, 0.3) is 6.08 Å². The van der Waals surface area contributed by atoms with Gasteiger partial charge in [0.15, 0.2) is 5.70 Å². The van der Waals surface area contributed by atoms with Gasteiger partial charge in [0.05, 0.1) is 5.56 Å². The van der Waals surface area contributed by atoms with Gasteiger partial charge in [-0.2, -0.15) is 0 Å². The van der Waals surface area contributed by atoms with Crippen LogP contribution in [0.4, 0.5) is 4.39 Å². The molecule has 0 saturated heterocycles. The second-order valence-corrected chi connectivity index (χ2v) is 6.72. The highest BCUT2D eigenvalue weighted by Crippen LogP contribution is 2.22. The van der Waals surface area contributed by atoms with Crippen molar-refractivity contribution in [2.24, 2.45) is 4.99 Å². The molecule has 0 aliphatic carbocycles. The first kappa shape index (κ1) is 19.5. The number of benzene rings is 3. The minimum absolute atomic E-state index is 0.135. The Kier molecular flexibility index (Phi) is 5.41. The van der Waals surface area contributed by atoms with Gasteiger partial charge in [-0.05, 0) is 60.2 Å². The Bertz CT molecular complexity index is 1180. The predicted molar refractivity (Wildman–Crippen MR) is 110 cm³/mol. The quantitative estimate of drug-likeness (QED) is 0.336. The highest BCUT2D eigenvalue weighted by Gasteiger charge is 2.24. The molecule has 3 aromatic rings. The molecule has 3 aromatic carbocycles. The third-order valence-electron chi connectivity index (χ3n) is 4.20. The molecule has 7 heteroatoms. The van der Waals surface area contributed by atoms with Crippen molar-refractivity contribution in [2.45, 2.75) is 0 Å². The summed E-state index contributed by atoms with van der Waals surface area (Å²) in [5.74, 6) is -1.59. The van der Waals surface area contributed by atoms with Gasteiger partial charge in [0, 0.05) is 10.6 Å². The average Bonchev–Trinajstić information content (AvgIpc) is 3.10. The third kappa shape index (κ3) is 4.29. The summed E-state index contributed by atoms with van der Waals surface area (Å²) in [5.41, 5.74) is 1.26. The average molecular weight is 422 g/mol. The number of halogens is 2. The molecular formula is C23H13ClFNO4. The van der Waals surface area contributed by atoms with E-state index in [1.54, 1.807) is 48.5 Å². The Hall–Kier alpha value is -3.77. The number of rotatable bonds is 4. The van der Waals surface area contributed by atoms with Crippen molar-refractivity contribution in [3.05, 3.63) is 106 Å². The van der Waals surface area contributed by atoms with Crippen molar-refractivity contribution in [3.63, 3.8) is 0 Å². The Morgan fingerprint density at radius 2 is 1.70 bits per heavy atom. The zero-order valence-electron chi connectivity index (χ0n) is 15.3. The second kappa shape index (κ2) is 8.31. The summed E-state index contributed by atoms with van der Waals surface area (Å²) < 4.78 is 24.1. The highest BCUT2D eigenvalue weighted by atomic mass is 35.5. The fourth-order valence-corrected chi connectivity index (χ4v) is 2.83. The van der Waals surface area contributed by atoms with Crippen molar-refractivity contribution in [1.82, 2.24) is 0 Å². The molecule has 0 spiro atoms. The first-order chi connectivity index (χ1) is 14.5. The maximum Gasteiger partial charge on any atom is 0.363 e. The second-order valence-electron chi connectivity index (χ2n) is 6.28. The van der Waals surface area contributed by atoms with Crippen molar-refractivity contribution in [2.75, 3.05) is 0 Å². The molecule has 0 aromatic heterocycles. The number of hydrogen-bond acceptors (Lipinski definition) is 5. The maximum atomic E-state index is 13.7. The first-order valence-corrected chi connectivity index (χ1v) is 9.23. The summed E-state index contributed by atoms with van der Waals surface area (Å²) in [5, 5.41) is 0.565. The molecule has 0 fully saturated rings. The zero-order valence-corrected chi connectivity index (χ0v) is 16.1. The Morgan fingerprint density at radius 1 is 1.00 bits per heavy atom. The molecule has 0 unspecified atom stereocenters. The molecule has 1 heterocycles. The van der Waals surface area contributed by atoms with E-state index in [1.807, 2.05) is 0 Å². The topological polar surface area (TPSA) is 65.0 Å². The summed E-state index contributed by atoms with van der Waals surface area (Å²) in [7, 11) is 0. The summed E-state index contributed by atoms with van der Waals surface area (Å²) in [4.78, 5) is 28.4. The minimum atomic E-state index is -0.796. The summed E-state index contributed by atoms with van der Waals surface area (Å²) >= 11 is 5.86. The Morgan fingerprint density at radius 3 is 2.40 bits per heavy atom. The van der Waals surface area contributed by atoms with Gasteiger partial charge < -0.3 is 9.47 Å². The van der Waals surface area contributed by atoms with E-state index in [1.165, 1.54) is 30.3 Å². The van der Waals surface area contributed by atoms with Crippen LogP contribution < -0.4 is 4.74 Å². The SMILES string of the molecule is O=C1OC(c2ccc(Cl)cc2)=N/C1=C\c1ccc(OC(=O)c2ccccc2F)cc1. The van der Waals surface area contributed by atoms with Crippen LogP contribution in [0.5, 0.6) is 5.75 Å². The monoisotopic (exact) mass is 421 g/mol. The van der Waals surface area contributed by atoms with E-state index in [9.17, 15) is 14.0 Å². The zero-order chi connectivity index (χ0) is 21.1. The predicted octanol–water partition coefficient (Wildman–Crippen LogP) is 5.04. The van der Waals surface area contributed by atoms with Gasteiger partial charge >= 0.3 is 11.9 Å². The van der Waals surface area contributed by atoms with E-state index < -0.39 is 17.8 Å². The Balaban J connectivity index is 1.49. The van der Waals surface area contributed by atoms with E-state index in [-0.39, 0.29) is 22.9 Å². The number of hydrogen-bond donors (Lipinski definition) is 0. The number of aliphatic imine (C=N–C) groups is 1. The largest absolute Gasteiger partial charge is 0.423 e. The maximum absolute atomic E-state index is 13.7. The standard InChI is InChI=1S/C23H13ClFNO4/c24-16-9-7-15(8-10-16)21-26-20(23(28)30-21)13-14-5-11-17(12-6-14)29-22(27)18-3-1-2-4-19(18)25/h1-13H/b20-13-. The first-order valence-electron chi connectivity index (χ1n) is 8.85. The highest BCUT2D eigenvalue weighted by molar-refractivity contribution is 6.30. The van der Waals surface area contributed by atoms with Crippen LogP contribution in [0, 0.1) is 5.82 Å². The van der Waals surface area contributed by atoms with Crippen LogP contribution in [0.3, 0.4) is 0 Å². The van der Waals surface area contributed by atoms with E-state index in [2.05, 4.69) is 4.99 Å². The van der Waals surface area contributed by atoms with Crippen molar-refractivity contribution >= 4 is 35.5 Å². The van der Waals surface area contributed by atoms with Crippen LogP contribution in [0.1, 0.15) is 21.5 Å². The Labute approximate surface area is 176 Å². The van der Waals surface area contributed by atoms with Crippen LogP contribution in [0.15, 0.2) is 83.5 Å². The lowest BCUT2D eigenvalue weighted by atomic mass is 10.2. The molecule has 30 heavy (non-hydrogen) atoms. The van der Waals surface area contributed by atoms with E-state index in [0.717, 1.165) is 0 Å². The number of cyclic esters (lactones) is 1. The van der Waals surface area contributed by atoms with E-state index in [4.69, 9.17) is 21.1 Å². The lowest BCUT2D eigenvalue weighted by Gasteiger charge is -2.05. The van der Waals surface area contributed by atoms with Crippen LogP contribution >= 0.6 is 11.6 Å². The van der Waals surface area contributed by atoms with Crippen molar-refractivity contribution in [1.29, 1.82) is 0 Å². The van der Waals surface area contributed by atoms with Gasteiger partial charge in [-0.25, -0.2) is 19.0 Å². The van der Waals surface area contributed by atoms with E-state index in [0.29, 0.717) is 16.1 Å². The summed E-state index contributed by atoms with van der Waals surface area (Å²) in [6, 6.07) is 18.7. The third-order valence-corrected chi connectivity index (χ3v) is 4.45. The lowest BCUT2D eigenvalue weighted by molar-refractivity contribution is -0.129. The van der Waals surface area contributed by atoms with Gasteiger partial charge in [0.1, 0.15) is 11.6 Å². The molecule has 0 atom stereocenters. The smallest absolute Gasteiger partial charge is 0.363 e. The normalized spacial score (nSPS) is 14.4. The number of carbonyl (C=O) groups excluding carboxylic acids is 2. The molecule has 1 aliphatic heterocycles. The lowest BCUT2D eigenvalue weighted by Crippen LogP contribution is -2.10. The van der Waals surface area contributed by atoms with Crippen LogP contribution in [-0.4, -0.2) is 17.8 Å². The van der Waals surface area contributed by atoms with Gasteiger partial charge in [0.25, 0.3) is 0 Å². The molecule has 0 radical (unpaired) electrons. The fourth-order valence-electron chi connectivity index (χ4n) is 2.70. The number of esters is 2. The van der Waals surface area contributed by atoms with Crippen LogP contribution in [0.2, 0.25) is 5.02 Å². The number of ether oxygens (including phenoxy) is 2. The number of nitrogens with zero attached hydrogens (tertiary/aromatic N) is 1. The molecule has 0 N–H and O–H groups in total. The van der Waals surface area contributed by atoms with E-state index >= 15 is 0 Å². The molecule has 148 valence electrons. The molecule has 0 bridgehead atoms. The molecule has 1 aliphatic rings. The molecule has 0 saturated carbocycles. The molecule has 0 amide bonds.